The molecule has 1 fully saturated rings. The van der Waals surface area contributed by atoms with E-state index in [9.17, 15) is 4.79 Å². The van der Waals surface area contributed by atoms with E-state index in [1.165, 1.54) is 0 Å². The molecule has 1 amide bonds. The Bertz CT molecular complexity index is 427. The van der Waals surface area contributed by atoms with Crippen LogP contribution in [0.1, 0.15) is 24.9 Å². The maximum absolute atomic E-state index is 12.1. The minimum Gasteiger partial charge on any atom is -0.379 e. The van der Waals surface area contributed by atoms with Crippen molar-refractivity contribution in [2.45, 2.75) is 24.9 Å². The third-order valence-electron chi connectivity index (χ3n) is 3.22. The Morgan fingerprint density at radius 1 is 1.50 bits per heavy atom. The van der Waals surface area contributed by atoms with Crippen LogP contribution < -0.4 is 11.1 Å². The molecule has 1 aliphatic rings. The lowest BCUT2D eigenvalue weighted by Crippen LogP contribution is -2.54. The van der Waals surface area contributed by atoms with Crippen LogP contribution >= 0.6 is 11.6 Å². The van der Waals surface area contributed by atoms with Gasteiger partial charge in [0.05, 0.1) is 12.6 Å². The molecule has 1 aliphatic heterocycles. The van der Waals surface area contributed by atoms with Gasteiger partial charge in [0.2, 0.25) is 5.91 Å². The molecule has 4 nitrogen and oxygen atoms in total. The molecular weight excluding hydrogens is 252 g/mol. The number of carbonyl (C=O) groups excluding carboxylic acids is 1. The molecule has 5 heteroatoms. The first-order chi connectivity index (χ1) is 8.51. The Labute approximate surface area is 111 Å². The molecule has 0 aliphatic carbocycles. The Morgan fingerprint density at radius 3 is 2.72 bits per heavy atom. The topological polar surface area (TPSA) is 64.4 Å². The Kier molecular flexibility index (Phi) is 3.90. The minimum absolute atomic E-state index is 0.101. The van der Waals surface area contributed by atoms with Gasteiger partial charge in [-0.1, -0.05) is 23.7 Å². The van der Waals surface area contributed by atoms with E-state index in [0.717, 1.165) is 5.56 Å². The number of rotatable bonds is 3. The number of ether oxygens (including phenoxy) is 1. The second kappa shape index (κ2) is 5.26. The van der Waals surface area contributed by atoms with Gasteiger partial charge < -0.3 is 15.8 Å². The van der Waals surface area contributed by atoms with Crippen molar-refractivity contribution < 1.29 is 9.53 Å². The molecule has 1 aromatic carbocycles. The first-order valence-corrected chi connectivity index (χ1v) is 6.32. The van der Waals surface area contributed by atoms with Crippen LogP contribution in [0, 0.1) is 0 Å². The highest BCUT2D eigenvalue weighted by atomic mass is 35.5. The lowest BCUT2D eigenvalue weighted by atomic mass is 9.98. The molecule has 0 saturated carbocycles. The highest BCUT2D eigenvalue weighted by Crippen LogP contribution is 2.19. The number of halogens is 1. The summed E-state index contributed by atoms with van der Waals surface area (Å²) in [6, 6.07) is 7.28. The first-order valence-electron chi connectivity index (χ1n) is 5.94. The zero-order valence-electron chi connectivity index (χ0n) is 10.3. The van der Waals surface area contributed by atoms with Crippen LogP contribution in [0.15, 0.2) is 24.3 Å². The van der Waals surface area contributed by atoms with E-state index in [1.807, 2.05) is 19.1 Å². The van der Waals surface area contributed by atoms with Crippen LogP contribution in [0.2, 0.25) is 5.02 Å². The summed E-state index contributed by atoms with van der Waals surface area (Å²) in [6.45, 7) is 2.74. The molecule has 0 spiro atoms. The van der Waals surface area contributed by atoms with Crippen molar-refractivity contribution in [1.82, 2.24) is 5.32 Å². The van der Waals surface area contributed by atoms with E-state index < -0.39 is 5.54 Å². The van der Waals surface area contributed by atoms with E-state index in [4.69, 9.17) is 22.1 Å². The van der Waals surface area contributed by atoms with Gasteiger partial charge in [-0.15, -0.1) is 0 Å². The molecule has 1 heterocycles. The highest BCUT2D eigenvalue weighted by molar-refractivity contribution is 6.30. The second-order valence-electron chi connectivity index (χ2n) is 4.71. The normalized spacial score (nSPS) is 24.8. The summed E-state index contributed by atoms with van der Waals surface area (Å²) >= 11 is 5.82. The van der Waals surface area contributed by atoms with Gasteiger partial charge in [0.15, 0.2) is 0 Å². The van der Waals surface area contributed by atoms with Crippen LogP contribution in [0.3, 0.4) is 0 Å². The number of hydrogen-bond acceptors (Lipinski definition) is 3. The maximum atomic E-state index is 12.1. The van der Waals surface area contributed by atoms with E-state index >= 15 is 0 Å². The van der Waals surface area contributed by atoms with Gasteiger partial charge in [-0.25, -0.2) is 0 Å². The van der Waals surface area contributed by atoms with Crippen molar-refractivity contribution in [3.63, 3.8) is 0 Å². The molecule has 2 unspecified atom stereocenters. The molecule has 98 valence electrons. The number of carbonyl (C=O) groups is 1. The molecule has 2 atom stereocenters. The summed E-state index contributed by atoms with van der Waals surface area (Å²) < 4.78 is 5.18. The molecule has 0 bridgehead atoms. The van der Waals surface area contributed by atoms with Crippen LogP contribution in [-0.4, -0.2) is 24.7 Å². The Hall–Kier alpha value is -1.10. The maximum Gasteiger partial charge on any atom is 0.243 e. The lowest BCUT2D eigenvalue weighted by molar-refractivity contribution is -0.127. The van der Waals surface area contributed by atoms with Crippen molar-refractivity contribution in [3.05, 3.63) is 34.9 Å². The van der Waals surface area contributed by atoms with Gasteiger partial charge in [0, 0.05) is 11.6 Å². The first kappa shape index (κ1) is 13.3. The summed E-state index contributed by atoms with van der Waals surface area (Å²) in [4.78, 5) is 12.1. The molecule has 2 rings (SSSR count). The van der Waals surface area contributed by atoms with E-state index in [2.05, 4.69) is 5.32 Å². The predicted octanol–water partition coefficient (Wildman–Crippen LogP) is 1.64. The molecule has 0 radical (unpaired) electrons. The van der Waals surface area contributed by atoms with E-state index in [0.29, 0.717) is 18.1 Å². The van der Waals surface area contributed by atoms with Gasteiger partial charge in [-0.05, 0) is 31.0 Å². The van der Waals surface area contributed by atoms with Crippen molar-refractivity contribution >= 4 is 17.5 Å². The van der Waals surface area contributed by atoms with Gasteiger partial charge in [0.25, 0.3) is 0 Å². The van der Waals surface area contributed by atoms with Gasteiger partial charge in [0.1, 0.15) is 5.54 Å². The second-order valence-corrected chi connectivity index (χ2v) is 5.14. The quantitative estimate of drug-likeness (QED) is 0.876. The Morgan fingerprint density at radius 2 is 2.17 bits per heavy atom. The van der Waals surface area contributed by atoms with Crippen LogP contribution in [0.5, 0.6) is 0 Å². The average molecular weight is 269 g/mol. The van der Waals surface area contributed by atoms with Crippen molar-refractivity contribution in [2.24, 2.45) is 5.73 Å². The molecular formula is C13H17ClN2O2. The third-order valence-corrected chi connectivity index (χ3v) is 3.47. The fraction of sp³-hybridized carbons (Fsp3) is 0.462. The number of amides is 1. The predicted molar refractivity (Wildman–Crippen MR) is 70.4 cm³/mol. The summed E-state index contributed by atoms with van der Waals surface area (Å²) in [5.74, 6) is -0.164. The van der Waals surface area contributed by atoms with Gasteiger partial charge in [-0.3, -0.25) is 4.79 Å². The fourth-order valence-electron chi connectivity index (χ4n) is 1.93. The fourth-order valence-corrected chi connectivity index (χ4v) is 2.06. The highest BCUT2D eigenvalue weighted by Gasteiger charge is 2.38. The molecule has 1 aromatic rings. The number of nitrogens with one attached hydrogen (secondary N) is 1. The monoisotopic (exact) mass is 268 g/mol. The van der Waals surface area contributed by atoms with Crippen molar-refractivity contribution in [2.75, 3.05) is 13.2 Å². The number of nitrogens with two attached hydrogens (primary N) is 1. The lowest BCUT2D eigenvalue weighted by Gasteiger charge is -2.24. The number of hydrogen-bond donors (Lipinski definition) is 2. The summed E-state index contributed by atoms with van der Waals surface area (Å²) in [5, 5.41) is 3.59. The van der Waals surface area contributed by atoms with E-state index in [1.54, 1.807) is 12.1 Å². The standard InChI is InChI=1S/C13H17ClN2O2/c1-9(10-2-4-11(14)5-3-10)16-12(17)13(15)6-7-18-8-13/h2-5,9H,6-8,15H2,1H3,(H,16,17). The average Bonchev–Trinajstić information content (AvgIpc) is 2.78. The molecule has 1 saturated heterocycles. The van der Waals surface area contributed by atoms with Gasteiger partial charge >= 0.3 is 0 Å². The summed E-state index contributed by atoms with van der Waals surface area (Å²) in [6.07, 6.45) is 0.562. The molecule has 3 N–H and O–H groups in total. The molecule has 18 heavy (non-hydrogen) atoms. The van der Waals surface area contributed by atoms with Crippen LogP contribution in [0.4, 0.5) is 0 Å². The largest absolute Gasteiger partial charge is 0.379 e. The Balaban J connectivity index is 2.00. The van der Waals surface area contributed by atoms with Crippen LogP contribution in [-0.2, 0) is 9.53 Å². The summed E-state index contributed by atoms with van der Waals surface area (Å²) in [5.41, 5.74) is 6.10. The zero-order chi connectivity index (χ0) is 13.2. The van der Waals surface area contributed by atoms with Gasteiger partial charge in [-0.2, -0.15) is 0 Å². The SMILES string of the molecule is CC(NC(=O)C1(N)CCOC1)c1ccc(Cl)cc1. The van der Waals surface area contributed by atoms with E-state index in [-0.39, 0.29) is 18.6 Å². The summed E-state index contributed by atoms with van der Waals surface area (Å²) in [7, 11) is 0. The zero-order valence-corrected chi connectivity index (χ0v) is 11.0. The third kappa shape index (κ3) is 2.83. The number of benzene rings is 1. The van der Waals surface area contributed by atoms with Crippen molar-refractivity contribution in [3.8, 4) is 0 Å². The van der Waals surface area contributed by atoms with Crippen LogP contribution in [0.25, 0.3) is 0 Å². The minimum atomic E-state index is -0.888. The smallest absolute Gasteiger partial charge is 0.243 e. The van der Waals surface area contributed by atoms with Crippen molar-refractivity contribution in [1.29, 1.82) is 0 Å². The molecule has 0 aromatic heterocycles.